The highest BCUT2D eigenvalue weighted by Gasteiger charge is 2.45. The van der Waals surface area contributed by atoms with Gasteiger partial charge < -0.3 is 20.5 Å². The maximum absolute atomic E-state index is 13.5. The Hall–Kier alpha value is -1.96. The van der Waals surface area contributed by atoms with Gasteiger partial charge in [-0.3, -0.25) is 14.5 Å². The number of amides is 2. The minimum absolute atomic E-state index is 0.223. The van der Waals surface area contributed by atoms with E-state index in [2.05, 4.69) is 29.4 Å². The zero-order valence-electron chi connectivity index (χ0n) is 22.6. The Balaban J connectivity index is 2.17. The van der Waals surface area contributed by atoms with Crippen molar-refractivity contribution in [1.29, 1.82) is 0 Å². The summed E-state index contributed by atoms with van der Waals surface area (Å²) in [6.07, 6.45) is 11.0. The molecule has 2 atom stereocenters. The van der Waals surface area contributed by atoms with Crippen LogP contribution in [0.15, 0.2) is 30.3 Å². The summed E-state index contributed by atoms with van der Waals surface area (Å²) >= 11 is 0. The van der Waals surface area contributed by atoms with Crippen molar-refractivity contribution in [3.63, 3.8) is 0 Å². The molecule has 0 saturated carbocycles. The summed E-state index contributed by atoms with van der Waals surface area (Å²) in [5, 5.41) is 18.0. The van der Waals surface area contributed by atoms with Gasteiger partial charge in [0.1, 0.15) is 5.92 Å². The fourth-order valence-electron chi connectivity index (χ4n) is 4.73. The van der Waals surface area contributed by atoms with Gasteiger partial charge >= 0.3 is 0 Å². The lowest BCUT2D eigenvalue weighted by Crippen LogP contribution is -2.59. The number of unbranched alkanes of at least 4 members (excludes halogenated alkanes) is 8. The predicted molar refractivity (Wildman–Crippen MR) is 144 cm³/mol. The average molecular weight is 504 g/mol. The summed E-state index contributed by atoms with van der Waals surface area (Å²) < 4.78 is 5.48. The van der Waals surface area contributed by atoms with Gasteiger partial charge in [-0.1, -0.05) is 95.5 Å². The van der Waals surface area contributed by atoms with Crippen molar-refractivity contribution < 1.29 is 19.4 Å². The van der Waals surface area contributed by atoms with Crippen molar-refractivity contribution in [3.05, 3.63) is 35.9 Å². The first-order valence-corrected chi connectivity index (χ1v) is 14.2. The van der Waals surface area contributed by atoms with E-state index in [4.69, 9.17) is 4.74 Å². The van der Waals surface area contributed by atoms with Gasteiger partial charge in [0, 0.05) is 38.2 Å². The van der Waals surface area contributed by atoms with Gasteiger partial charge in [-0.15, -0.1) is 0 Å². The second kappa shape index (κ2) is 17.5. The van der Waals surface area contributed by atoms with E-state index in [1.807, 2.05) is 18.2 Å². The number of carbonyl (C=O) groups is 2. The highest BCUT2D eigenvalue weighted by Crippen LogP contribution is 2.29. The van der Waals surface area contributed by atoms with Crippen molar-refractivity contribution in [2.24, 2.45) is 5.92 Å². The molecule has 2 amide bonds. The van der Waals surface area contributed by atoms with E-state index >= 15 is 0 Å². The molecule has 0 aromatic heterocycles. The lowest BCUT2D eigenvalue weighted by atomic mass is 9.86. The molecule has 0 radical (unpaired) electrons. The second-order valence-corrected chi connectivity index (χ2v) is 10.0. The van der Waals surface area contributed by atoms with E-state index in [0.717, 1.165) is 44.9 Å². The number of morpholine rings is 1. The normalized spacial score (nSPS) is 16.8. The smallest absolute Gasteiger partial charge is 0.229 e. The largest absolute Gasteiger partial charge is 0.379 e. The SMILES string of the molecule is CCCCCCCCC(=O)N[C@@](O)(c1ccccc1)[C@H](CN1CCOCC1)C(=O)NCCCCCC. The van der Waals surface area contributed by atoms with Gasteiger partial charge in [-0.2, -0.15) is 0 Å². The fraction of sp³-hybridized carbons (Fsp3) is 0.724. The predicted octanol–water partition coefficient (Wildman–Crippen LogP) is 4.34. The van der Waals surface area contributed by atoms with Gasteiger partial charge in [-0.25, -0.2) is 0 Å². The maximum atomic E-state index is 13.5. The Kier molecular flexibility index (Phi) is 14.7. The lowest BCUT2D eigenvalue weighted by molar-refractivity contribution is -0.149. The molecule has 0 unspecified atom stereocenters. The highest BCUT2D eigenvalue weighted by molar-refractivity contribution is 5.83. The van der Waals surface area contributed by atoms with Crippen molar-refractivity contribution in [2.45, 2.75) is 90.2 Å². The van der Waals surface area contributed by atoms with Crippen LogP contribution in [-0.4, -0.2) is 61.2 Å². The van der Waals surface area contributed by atoms with Gasteiger partial charge in [0.15, 0.2) is 5.72 Å². The zero-order chi connectivity index (χ0) is 26.1. The summed E-state index contributed by atoms with van der Waals surface area (Å²) in [7, 11) is 0. The van der Waals surface area contributed by atoms with Crippen LogP contribution in [0.1, 0.15) is 90.0 Å². The van der Waals surface area contributed by atoms with Crippen LogP contribution in [-0.2, 0) is 20.1 Å². The van der Waals surface area contributed by atoms with Crippen molar-refractivity contribution >= 4 is 11.8 Å². The first-order valence-electron chi connectivity index (χ1n) is 14.2. The molecule has 1 aromatic carbocycles. The van der Waals surface area contributed by atoms with Crippen LogP contribution in [0, 0.1) is 5.92 Å². The van der Waals surface area contributed by atoms with Crippen LogP contribution in [0.3, 0.4) is 0 Å². The van der Waals surface area contributed by atoms with Crippen molar-refractivity contribution in [3.8, 4) is 0 Å². The van der Waals surface area contributed by atoms with E-state index in [1.165, 1.54) is 19.3 Å². The number of rotatable bonds is 18. The first kappa shape index (κ1) is 30.3. The Labute approximate surface area is 218 Å². The minimum atomic E-state index is -1.80. The molecular weight excluding hydrogens is 454 g/mol. The molecule has 1 saturated heterocycles. The standard InChI is InChI=1S/C29H49N3O4/c1-3-5-7-9-10-14-18-27(33)31-29(35,25-16-12-11-13-17-25)26(24-32-20-22-36-23-21-32)28(34)30-19-15-8-6-4-2/h11-13,16-17,26,35H,3-10,14-15,18-24H2,1-2H3,(H,30,34)(H,31,33)/t26-,29-/m1/s1. The van der Waals surface area contributed by atoms with Gasteiger partial charge in [-0.05, 0) is 12.8 Å². The molecule has 204 valence electrons. The summed E-state index contributed by atoms with van der Waals surface area (Å²) in [6, 6.07) is 9.09. The summed E-state index contributed by atoms with van der Waals surface area (Å²) in [5.74, 6) is -1.30. The molecule has 1 fully saturated rings. The van der Waals surface area contributed by atoms with Crippen molar-refractivity contribution in [1.82, 2.24) is 15.5 Å². The van der Waals surface area contributed by atoms with Gasteiger partial charge in [0.05, 0.1) is 13.2 Å². The molecule has 1 aliphatic rings. The molecule has 0 bridgehead atoms. The Morgan fingerprint density at radius 1 is 0.944 bits per heavy atom. The number of nitrogens with one attached hydrogen (secondary N) is 2. The summed E-state index contributed by atoms with van der Waals surface area (Å²) in [5.41, 5.74) is -1.27. The average Bonchev–Trinajstić information content (AvgIpc) is 2.90. The molecule has 36 heavy (non-hydrogen) atoms. The van der Waals surface area contributed by atoms with Crippen LogP contribution in [0.5, 0.6) is 0 Å². The number of nitrogens with zero attached hydrogens (tertiary/aromatic N) is 1. The number of hydrogen-bond donors (Lipinski definition) is 3. The lowest BCUT2D eigenvalue weighted by Gasteiger charge is -2.39. The molecular formula is C29H49N3O4. The minimum Gasteiger partial charge on any atom is -0.379 e. The zero-order valence-corrected chi connectivity index (χ0v) is 22.6. The van der Waals surface area contributed by atoms with Gasteiger partial charge in [0.25, 0.3) is 0 Å². The third-order valence-corrected chi connectivity index (χ3v) is 7.00. The van der Waals surface area contributed by atoms with E-state index in [0.29, 0.717) is 51.4 Å². The monoisotopic (exact) mass is 503 g/mol. The van der Waals surface area contributed by atoms with Crippen LogP contribution >= 0.6 is 0 Å². The number of aliphatic hydroxyl groups is 1. The van der Waals surface area contributed by atoms with Crippen LogP contribution in [0.4, 0.5) is 0 Å². The Morgan fingerprint density at radius 2 is 1.56 bits per heavy atom. The number of hydrogen-bond acceptors (Lipinski definition) is 5. The molecule has 1 aromatic rings. The topological polar surface area (TPSA) is 90.9 Å². The summed E-state index contributed by atoms with van der Waals surface area (Å²) in [4.78, 5) is 28.7. The second-order valence-electron chi connectivity index (χ2n) is 10.0. The van der Waals surface area contributed by atoms with E-state index in [9.17, 15) is 14.7 Å². The molecule has 0 spiro atoms. The fourth-order valence-corrected chi connectivity index (χ4v) is 4.73. The van der Waals surface area contributed by atoms with Crippen molar-refractivity contribution in [2.75, 3.05) is 39.4 Å². The molecule has 7 nitrogen and oxygen atoms in total. The number of benzene rings is 1. The Bertz CT molecular complexity index is 739. The number of carbonyl (C=O) groups excluding carboxylic acids is 2. The van der Waals surface area contributed by atoms with Gasteiger partial charge in [0.2, 0.25) is 11.8 Å². The Morgan fingerprint density at radius 3 is 2.22 bits per heavy atom. The van der Waals surface area contributed by atoms with Crippen LogP contribution in [0.2, 0.25) is 0 Å². The summed E-state index contributed by atoms with van der Waals surface area (Å²) in [6.45, 7) is 7.83. The molecule has 7 heteroatoms. The van der Waals surface area contributed by atoms with Crippen LogP contribution in [0.25, 0.3) is 0 Å². The molecule has 2 rings (SSSR count). The maximum Gasteiger partial charge on any atom is 0.229 e. The molecule has 1 aliphatic heterocycles. The quantitative estimate of drug-likeness (QED) is 0.205. The number of ether oxygens (including phenoxy) is 1. The third kappa shape index (κ3) is 10.6. The molecule has 0 aliphatic carbocycles. The first-order chi connectivity index (χ1) is 17.5. The third-order valence-electron chi connectivity index (χ3n) is 7.00. The molecule has 3 N–H and O–H groups in total. The van der Waals surface area contributed by atoms with E-state index in [-0.39, 0.29) is 11.8 Å². The molecule has 1 heterocycles. The van der Waals surface area contributed by atoms with E-state index < -0.39 is 11.6 Å². The highest BCUT2D eigenvalue weighted by atomic mass is 16.5. The van der Waals surface area contributed by atoms with E-state index in [1.54, 1.807) is 12.1 Å². The van der Waals surface area contributed by atoms with Crippen LogP contribution < -0.4 is 10.6 Å².